The lowest BCUT2D eigenvalue weighted by Gasteiger charge is -2.02. The highest BCUT2D eigenvalue weighted by Gasteiger charge is 1.95. The van der Waals surface area contributed by atoms with Crippen LogP contribution in [-0.4, -0.2) is 6.54 Å². The van der Waals surface area contributed by atoms with E-state index >= 15 is 0 Å². The third-order valence-electron chi connectivity index (χ3n) is 1.52. The molecule has 1 rings (SSSR count). The van der Waals surface area contributed by atoms with Gasteiger partial charge in [-0.15, -0.1) is 0 Å². The van der Waals surface area contributed by atoms with Gasteiger partial charge >= 0.3 is 0 Å². The van der Waals surface area contributed by atoms with Crippen molar-refractivity contribution in [2.45, 2.75) is 13.5 Å². The first kappa shape index (κ1) is 11.4. The van der Waals surface area contributed by atoms with Crippen molar-refractivity contribution in [2.75, 3.05) is 6.54 Å². The molecule has 12 heavy (non-hydrogen) atoms. The highest BCUT2D eigenvalue weighted by molar-refractivity contribution is 6.31. The van der Waals surface area contributed by atoms with Crippen LogP contribution in [-0.2, 0) is 6.54 Å². The number of rotatable bonds is 3. The maximum Gasteiger partial charge on any atom is 0.0450 e. The van der Waals surface area contributed by atoms with E-state index < -0.39 is 0 Å². The molecule has 0 saturated heterocycles. The molecule has 4 N–H and O–H groups in total. The van der Waals surface area contributed by atoms with E-state index in [1.807, 2.05) is 24.3 Å². The number of benzene rings is 1. The van der Waals surface area contributed by atoms with Gasteiger partial charge in [0.2, 0.25) is 0 Å². The highest BCUT2D eigenvalue weighted by atomic mass is 35.5. The minimum absolute atomic E-state index is 0. The molecular formula is C9H15ClN2. The first-order valence-electron chi connectivity index (χ1n) is 3.78. The van der Waals surface area contributed by atoms with Crippen LogP contribution < -0.4 is 11.5 Å². The van der Waals surface area contributed by atoms with Gasteiger partial charge in [0.15, 0.2) is 0 Å². The highest BCUT2D eigenvalue weighted by Crippen LogP contribution is 2.13. The summed E-state index contributed by atoms with van der Waals surface area (Å²) in [6, 6.07) is 7.88. The van der Waals surface area contributed by atoms with Crippen molar-refractivity contribution < 1.29 is 0 Å². The minimum Gasteiger partial charge on any atom is -0.344 e. The van der Waals surface area contributed by atoms with Crippen molar-refractivity contribution in [1.29, 1.82) is 0 Å². The molecule has 0 fully saturated rings. The van der Waals surface area contributed by atoms with Crippen LogP contribution in [0.15, 0.2) is 24.3 Å². The van der Waals surface area contributed by atoms with E-state index in [-0.39, 0.29) is 6.15 Å². The van der Waals surface area contributed by atoms with Crippen molar-refractivity contribution in [3.05, 3.63) is 34.9 Å². The molecule has 1 aromatic carbocycles. The minimum atomic E-state index is 0. The van der Waals surface area contributed by atoms with Crippen molar-refractivity contribution in [2.24, 2.45) is 0 Å². The Balaban J connectivity index is 0.00000121. The normalized spacial score (nSPS) is 9.17. The molecule has 0 bridgehead atoms. The summed E-state index contributed by atoms with van der Waals surface area (Å²) in [5, 5.41) is 4.06. The van der Waals surface area contributed by atoms with Crippen molar-refractivity contribution >= 4 is 11.6 Å². The Bertz CT molecular complexity index is 226. The summed E-state index contributed by atoms with van der Waals surface area (Å²) in [4.78, 5) is 0. The third-order valence-corrected chi connectivity index (χ3v) is 1.89. The quantitative estimate of drug-likeness (QED) is 0.763. The Kier molecular flexibility index (Phi) is 5.72. The molecule has 0 aliphatic rings. The summed E-state index contributed by atoms with van der Waals surface area (Å²) in [6.45, 7) is 3.91. The van der Waals surface area contributed by atoms with E-state index in [2.05, 4.69) is 12.2 Å². The van der Waals surface area contributed by atoms with Gasteiger partial charge in [0, 0.05) is 11.6 Å². The average Bonchev–Trinajstić information content (AvgIpc) is 2.03. The Morgan fingerprint density at radius 2 is 2.00 bits per heavy atom. The van der Waals surface area contributed by atoms with Gasteiger partial charge < -0.3 is 11.5 Å². The van der Waals surface area contributed by atoms with Crippen LogP contribution in [0.4, 0.5) is 0 Å². The van der Waals surface area contributed by atoms with Crippen LogP contribution in [0.25, 0.3) is 0 Å². The summed E-state index contributed by atoms with van der Waals surface area (Å²) in [6.07, 6.45) is 0. The number of halogens is 1. The molecule has 0 spiro atoms. The summed E-state index contributed by atoms with van der Waals surface area (Å²) in [5.41, 5.74) is 1.16. The molecular weight excluding hydrogens is 172 g/mol. The zero-order valence-electron chi connectivity index (χ0n) is 7.31. The van der Waals surface area contributed by atoms with Crippen LogP contribution in [0.3, 0.4) is 0 Å². The fourth-order valence-corrected chi connectivity index (χ4v) is 1.10. The predicted molar refractivity (Wildman–Crippen MR) is 53.9 cm³/mol. The first-order chi connectivity index (χ1) is 5.34. The maximum absolute atomic E-state index is 5.92. The zero-order chi connectivity index (χ0) is 8.10. The lowest BCUT2D eigenvalue weighted by atomic mass is 10.2. The van der Waals surface area contributed by atoms with Crippen LogP contribution in [0.1, 0.15) is 12.5 Å². The van der Waals surface area contributed by atoms with E-state index in [0.717, 1.165) is 23.7 Å². The standard InChI is InChI=1S/C9H12ClN.H3N/c1-2-11-7-8-5-3-4-6-9(8)10;/h3-6,11H,2,7H2,1H3;1H3. The second kappa shape index (κ2) is 6.00. The molecule has 0 aliphatic heterocycles. The fourth-order valence-electron chi connectivity index (χ4n) is 0.901. The van der Waals surface area contributed by atoms with Crippen LogP contribution in [0, 0.1) is 0 Å². The van der Waals surface area contributed by atoms with Crippen molar-refractivity contribution in [1.82, 2.24) is 11.5 Å². The van der Waals surface area contributed by atoms with Crippen LogP contribution in [0.2, 0.25) is 5.02 Å². The zero-order valence-corrected chi connectivity index (χ0v) is 8.06. The SMILES string of the molecule is CCNCc1ccccc1Cl.N. The lowest BCUT2D eigenvalue weighted by molar-refractivity contribution is 0.727. The number of hydrogen-bond acceptors (Lipinski definition) is 2. The van der Waals surface area contributed by atoms with E-state index in [4.69, 9.17) is 11.6 Å². The van der Waals surface area contributed by atoms with Crippen LogP contribution >= 0.6 is 11.6 Å². The fraction of sp³-hybridized carbons (Fsp3) is 0.333. The molecule has 3 heteroatoms. The van der Waals surface area contributed by atoms with Gasteiger partial charge in [0.25, 0.3) is 0 Å². The Morgan fingerprint density at radius 1 is 1.33 bits per heavy atom. The van der Waals surface area contributed by atoms with E-state index in [0.29, 0.717) is 0 Å². The van der Waals surface area contributed by atoms with Gasteiger partial charge in [-0.3, -0.25) is 0 Å². The van der Waals surface area contributed by atoms with Gasteiger partial charge in [0.1, 0.15) is 0 Å². The number of hydrogen-bond donors (Lipinski definition) is 2. The molecule has 1 aromatic rings. The molecule has 0 aliphatic carbocycles. The monoisotopic (exact) mass is 186 g/mol. The topological polar surface area (TPSA) is 47.0 Å². The summed E-state index contributed by atoms with van der Waals surface area (Å²) in [7, 11) is 0. The predicted octanol–water partition coefficient (Wildman–Crippen LogP) is 2.61. The Hall–Kier alpha value is -0.570. The molecule has 0 radical (unpaired) electrons. The van der Waals surface area contributed by atoms with E-state index in [1.54, 1.807) is 0 Å². The maximum atomic E-state index is 5.92. The second-order valence-electron chi connectivity index (χ2n) is 2.37. The van der Waals surface area contributed by atoms with Crippen molar-refractivity contribution in [3.8, 4) is 0 Å². The van der Waals surface area contributed by atoms with Gasteiger partial charge in [0.05, 0.1) is 0 Å². The van der Waals surface area contributed by atoms with Crippen LogP contribution in [0.5, 0.6) is 0 Å². The van der Waals surface area contributed by atoms with E-state index in [9.17, 15) is 0 Å². The molecule has 0 unspecified atom stereocenters. The third kappa shape index (κ3) is 3.22. The summed E-state index contributed by atoms with van der Waals surface area (Å²) < 4.78 is 0. The molecule has 2 nitrogen and oxygen atoms in total. The molecule has 0 amide bonds. The number of nitrogens with one attached hydrogen (secondary N) is 1. The molecule has 0 atom stereocenters. The Morgan fingerprint density at radius 3 is 2.58 bits per heavy atom. The van der Waals surface area contributed by atoms with Gasteiger partial charge in [-0.25, -0.2) is 0 Å². The molecule has 0 heterocycles. The molecule has 68 valence electrons. The Labute approximate surface area is 78.5 Å². The van der Waals surface area contributed by atoms with Gasteiger partial charge in [-0.05, 0) is 18.2 Å². The van der Waals surface area contributed by atoms with Gasteiger partial charge in [-0.1, -0.05) is 36.7 Å². The van der Waals surface area contributed by atoms with Gasteiger partial charge in [-0.2, -0.15) is 0 Å². The second-order valence-corrected chi connectivity index (χ2v) is 2.78. The largest absolute Gasteiger partial charge is 0.344 e. The lowest BCUT2D eigenvalue weighted by Crippen LogP contribution is -2.11. The first-order valence-corrected chi connectivity index (χ1v) is 4.16. The van der Waals surface area contributed by atoms with Crippen molar-refractivity contribution in [3.63, 3.8) is 0 Å². The molecule has 0 saturated carbocycles. The molecule has 0 aromatic heterocycles. The summed E-state index contributed by atoms with van der Waals surface area (Å²) in [5.74, 6) is 0. The smallest absolute Gasteiger partial charge is 0.0450 e. The average molecular weight is 187 g/mol. The van der Waals surface area contributed by atoms with E-state index in [1.165, 1.54) is 0 Å². The summed E-state index contributed by atoms with van der Waals surface area (Å²) >= 11 is 5.92.